The number of benzene rings is 1. The lowest BCUT2D eigenvalue weighted by Crippen LogP contribution is -2.08. The van der Waals surface area contributed by atoms with Crippen LogP contribution in [-0.4, -0.2) is 11.1 Å². The molecule has 0 aliphatic heterocycles. The Hall–Kier alpha value is -1.26. The molecule has 15 heavy (non-hydrogen) atoms. The number of hydrogen-bond acceptors (Lipinski definition) is 3. The van der Waals surface area contributed by atoms with E-state index in [9.17, 15) is 4.79 Å². The first kappa shape index (κ1) is 10.3. The van der Waals surface area contributed by atoms with Crippen molar-refractivity contribution in [3.8, 4) is 0 Å². The Kier molecular flexibility index (Phi) is 2.54. The summed E-state index contributed by atoms with van der Waals surface area (Å²) in [6.45, 7) is 0.541. The molecule has 0 saturated carbocycles. The minimum Gasteiger partial charge on any atom is -0.408 e. The van der Waals surface area contributed by atoms with Gasteiger partial charge in [-0.2, -0.15) is 0 Å². The summed E-state index contributed by atoms with van der Waals surface area (Å²) < 4.78 is 6.44. The predicted molar refractivity (Wildman–Crippen MR) is 59.2 cm³/mol. The summed E-state index contributed by atoms with van der Waals surface area (Å²) >= 11 is 6.06. The minimum atomic E-state index is -0.406. The summed E-state index contributed by atoms with van der Waals surface area (Å²) in [4.78, 5) is 11.3. The van der Waals surface area contributed by atoms with Gasteiger partial charge in [-0.15, -0.1) is 0 Å². The molecule has 0 spiro atoms. The van der Waals surface area contributed by atoms with Crippen LogP contribution < -0.4 is 11.5 Å². The Bertz CT molecular complexity index is 556. The highest BCUT2D eigenvalue weighted by Gasteiger charge is 2.10. The maximum Gasteiger partial charge on any atom is 0.419 e. The number of oxazole rings is 1. The predicted octanol–water partition coefficient (Wildman–Crippen LogP) is 1.29. The summed E-state index contributed by atoms with van der Waals surface area (Å²) in [6, 6.07) is 3.61. The van der Waals surface area contributed by atoms with Crippen LogP contribution in [0, 0.1) is 0 Å². The van der Waals surface area contributed by atoms with Crippen molar-refractivity contribution in [3.63, 3.8) is 0 Å². The fourth-order valence-electron chi connectivity index (χ4n) is 1.60. The Balaban J connectivity index is 2.73. The molecule has 0 aliphatic rings. The molecule has 80 valence electrons. The molecule has 4 nitrogen and oxygen atoms in total. The van der Waals surface area contributed by atoms with Gasteiger partial charge in [0, 0.05) is 7.05 Å². The van der Waals surface area contributed by atoms with E-state index in [0.29, 0.717) is 29.1 Å². The third-order valence-electron chi connectivity index (χ3n) is 2.33. The summed E-state index contributed by atoms with van der Waals surface area (Å²) in [5.41, 5.74) is 7.57. The van der Waals surface area contributed by atoms with Gasteiger partial charge in [-0.3, -0.25) is 4.57 Å². The number of rotatable bonds is 2. The number of hydrogen-bond donors (Lipinski definition) is 1. The van der Waals surface area contributed by atoms with E-state index in [1.54, 1.807) is 13.1 Å². The van der Waals surface area contributed by atoms with Crippen molar-refractivity contribution in [2.24, 2.45) is 12.8 Å². The van der Waals surface area contributed by atoms with Crippen LogP contribution in [0.1, 0.15) is 5.56 Å². The molecule has 0 bridgehead atoms. The molecule has 0 radical (unpaired) electrons. The second-order valence-corrected chi connectivity index (χ2v) is 3.80. The molecule has 0 unspecified atom stereocenters. The van der Waals surface area contributed by atoms with Crippen LogP contribution in [0.5, 0.6) is 0 Å². The van der Waals surface area contributed by atoms with Gasteiger partial charge in [0.1, 0.15) is 5.52 Å². The highest BCUT2D eigenvalue weighted by atomic mass is 35.5. The maximum atomic E-state index is 11.3. The molecule has 0 atom stereocenters. The van der Waals surface area contributed by atoms with E-state index in [4.69, 9.17) is 21.8 Å². The number of nitrogens with two attached hydrogens (primary N) is 1. The molecule has 1 heterocycles. The second kappa shape index (κ2) is 3.72. The van der Waals surface area contributed by atoms with Gasteiger partial charge < -0.3 is 10.2 Å². The van der Waals surface area contributed by atoms with Gasteiger partial charge in [0.25, 0.3) is 0 Å². The first-order chi connectivity index (χ1) is 7.13. The molecule has 1 aromatic heterocycles. The standard InChI is InChI=1S/C10H11ClN2O2/c1-13-9-7(11)4-6(2-3-12)5-8(9)15-10(13)14/h4-5H,2-3,12H2,1H3. The van der Waals surface area contributed by atoms with Crippen molar-refractivity contribution >= 4 is 22.7 Å². The lowest BCUT2D eigenvalue weighted by molar-refractivity contribution is 0.528. The SMILES string of the molecule is Cn1c(=O)oc2cc(CCN)cc(Cl)c21. The molecule has 0 aliphatic carbocycles. The zero-order valence-corrected chi connectivity index (χ0v) is 9.04. The van der Waals surface area contributed by atoms with Gasteiger partial charge in [-0.1, -0.05) is 11.6 Å². The number of nitrogens with zero attached hydrogens (tertiary/aromatic N) is 1. The average molecular weight is 227 g/mol. The van der Waals surface area contributed by atoms with Crippen LogP contribution in [0.25, 0.3) is 11.1 Å². The molecule has 0 amide bonds. The molecule has 2 aromatic rings. The highest BCUT2D eigenvalue weighted by Crippen LogP contribution is 2.24. The number of aryl methyl sites for hydroxylation is 1. The van der Waals surface area contributed by atoms with Gasteiger partial charge >= 0.3 is 5.76 Å². The first-order valence-corrected chi connectivity index (χ1v) is 4.99. The first-order valence-electron chi connectivity index (χ1n) is 4.61. The lowest BCUT2D eigenvalue weighted by atomic mass is 10.1. The van der Waals surface area contributed by atoms with Crippen molar-refractivity contribution in [3.05, 3.63) is 33.3 Å². The molecule has 5 heteroatoms. The number of aromatic nitrogens is 1. The largest absolute Gasteiger partial charge is 0.419 e. The number of halogens is 1. The Morgan fingerprint density at radius 2 is 2.27 bits per heavy atom. The molecule has 2 rings (SSSR count). The molecule has 1 aromatic carbocycles. The zero-order chi connectivity index (χ0) is 11.0. The smallest absolute Gasteiger partial charge is 0.408 e. The van der Waals surface area contributed by atoms with E-state index >= 15 is 0 Å². The molecular weight excluding hydrogens is 216 g/mol. The van der Waals surface area contributed by atoms with E-state index < -0.39 is 5.76 Å². The van der Waals surface area contributed by atoms with Crippen molar-refractivity contribution in [2.75, 3.05) is 6.54 Å². The van der Waals surface area contributed by atoms with Gasteiger partial charge in [0.15, 0.2) is 5.58 Å². The molecular formula is C10H11ClN2O2. The summed E-state index contributed by atoms with van der Waals surface area (Å²) in [7, 11) is 1.63. The van der Waals surface area contributed by atoms with Crippen LogP contribution in [0.4, 0.5) is 0 Å². The minimum absolute atomic E-state index is 0.406. The van der Waals surface area contributed by atoms with E-state index in [1.165, 1.54) is 4.57 Å². The van der Waals surface area contributed by atoms with Crippen molar-refractivity contribution in [2.45, 2.75) is 6.42 Å². The number of fused-ring (bicyclic) bond motifs is 1. The van der Waals surface area contributed by atoms with Crippen LogP contribution in [0.15, 0.2) is 21.3 Å². The van der Waals surface area contributed by atoms with Crippen LogP contribution in [-0.2, 0) is 13.5 Å². The normalized spacial score (nSPS) is 11.1. The van der Waals surface area contributed by atoms with E-state index in [0.717, 1.165) is 5.56 Å². The zero-order valence-electron chi connectivity index (χ0n) is 8.29. The molecule has 2 N–H and O–H groups in total. The van der Waals surface area contributed by atoms with Crippen LogP contribution in [0.2, 0.25) is 5.02 Å². The van der Waals surface area contributed by atoms with Gasteiger partial charge in [-0.05, 0) is 30.7 Å². The monoisotopic (exact) mass is 226 g/mol. The highest BCUT2D eigenvalue weighted by molar-refractivity contribution is 6.35. The maximum absolute atomic E-state index is 11.3. The van der Waals surface area contributed by atoms with E-state index in [1.807, 2.05) is 6.07 Å². The van der Waals surface area contributed by atoms with Crippen LogP contribution >= 0.6 is 11.6 Å². The van der Waals surface area contributed by atoms with Gasteiger partial charge in [0.05, 0.1) is 5.02 Å². The summed E-state index contributed by atoms with van der Waals surface area (Å²) in [5.74, 6) is -0.406. The Morgan fingerprint density at radius 3 is 2.93 bits per heavy atom. The average Bonchev–Trinajstić information content (AvgIpc) is 2.43. The fraction of sp³-hybridized carbons (Fsp3) is 0.300. The second-order valence-electron chi connectivity index (χ2n) is 3.39. The summed E-state index contributed by atoms with van der Waals surface area (Å²) in [6.07, 6.45) is 0.717. The quantitative estimate of drug-likeness (QED) is 0.839. The van der Waals surface area contributed by atoms with Crippen molar-refractivity contribution in [1.82, 2.24) is 4.57 Å². The Morgan fingerprint density at radius 1 is 1.53 bits per heavy atom. The molecule has 0 fully saturated rings. The molecule has 0 saturated heterocycles. The van der Waals surface area contributed by atoms with Gasteiger partial charge in [-0.25, -0.2) is 4.79 Å². The van der Waals surface area contributed by atoms with Crippen molar-refractivity contribution in [1.29, 1.82) is 0 Å². The Labute approximate surface area is 91.2 Å². The van der Waals surface area contributed by atoms with Crippen LogP contribution in [0.3, 0.4) is 0 Å². The summed E-state index contributed by atoms with van der Waals surface area (Å²) in [5, 5.41) is 0.518. The fourth-order valence-corrected chi connectivity index (χ4v) is 1.96. The van der Waals surface area contributed by atoms with Gasteiger partial charge in [0.2, 0.25) is 0 Å². The van der Waals surface area contributed by atoms with E-state index in [-0.39, 0.29) is 0 Å². The van der Waals surface area contributed by atoms with Crippen molar-refractivity contribution < 1.29 is 4.42 Å². The topological polar surface area (TPSA) is 61.2 Å². The third-order valence-corrected chi connectivity index (χ3v) is 2.62. The lowest BCUT2D eigenvalue weighted by Gasteiger charge is -2.00. The third kappa shape index (κ3) is 1.66. The van der Waals surface area contributed by atoms with E-state index in [2.05, 4.69) is 0 Å².